The summed E-state index contributed by atoms with van der Waals surface area (Å²) in [5.41, 5.74) is 1.01. The highest BCUT2D eigenvalue weighted by molar-refractivity contribution is 5.89. The number of aliphatic hydroxyl groups is 1. The van der Waals surface area contributed by atoms with Crippen molar-refractivity contribution in [3.63, 3.8) is 0 Å². The zero-order valence-electron chi connectivity index (χ0n) is 15.3. The van der Waals surface area contributed by atoms with Crippen molar-refractivity contribution in [3.05, 3.63) is 70.3 Å². The molecule has 0 bridgehead atoms. The van der Waals surface area contributed by atoms with Gasteiger partial charge in [-0.1, -0.05) is 36.4 Å². The van der Waals surface area contributed by atoms with E-state index in [0.717, 1.165) is 5.56 Å². The van der Waals surface area contributed by atoms with Gasteiger partial charge in [-0.05, 0) is 25.7 Å². The highest BCUT2D eigenvalue weighted by Crippen LogP contribution is 2.22. The fourth-order valence-corrected chi connectivity index (χ4v) is 2.76. The van der Waals surface area contributed by atoms with E-state index in [4.69, 9.17) is 0 Å². The molecule has 0 unspecified atom stereocenters. The molecule has 144 valence electrons. The van der Waals surface area contributed by atoms with Crippen LogP contribution in [-0.4, -0.2) is 48.1 Å². The van der Waals surface area contributed by atoms with Gasteiger partial charge in [0.2, 0.25) is 0 Å². The molecule has 2 rings (SSSR count). The van der Waals surface area contributed by atoms with Crippen LogP contribution in [0.2, 0.25) is 0 Å². The minimum atomic E-state index is -0.730. The Kier molecular flexibility index (Phi) is 7.27. The largest absolute Gasteiger partial charge is 0.388 e. The van der Waals surface area contributed by atoms with Crippen molar-refractivity contribution < 1.29 is 14.8 Å². The normalized spacial score (nSPS) is 13.0. The predicted octanol–water partition coefficient (Wildman–Crippen LogP) is 2.63. The fraction of sp³-hybridized carbons (Fsp3) is 0.316. The fourth-order valence-electron chi connectivity index (χ4n) is 2.76. The number of hydrogen-bond donors (Lipinski definition) is 3. The van der Waals surface area contributed by atoms with Gasteiger partial charge >= 0.3 is 6.03 Å². The Morgan fingerprint density at radius 1 is 1.19 bits per heavy atom. The van der Waals surface area contributed by atoms with Crippen molar-refractivity contribution in [1.29, 1.82) is 0 Å². The van der Waals surface area contributed by atoms with Crippen LogP contribution in [0.5, 0.6) is 0 Å². The van der Waals surface area contributed by atoms with Crippen molar-refractivity contribution in [2.45, 2.75) is 6.10 Å². The second kappa shape index (κ2) is 9.65. The van der Waals surface area contributed by atoms with Gasteiger partial charge in [-0.2, -0.15) is 0 Å². The molecule has 0 fully saturated rings. The van der Waals surface area contributed by atoms with Crippen molar-refractivity contribution in [2.24, 2.45) is 5.92 Å². The molecule has 0 aliphatic rings. The third kappa shape index (κ3) is 6.36. The number of non-ortho nitro benzene ring substituents is 1. The Morgan fingerprint density at radius 3 is 2.52 bits per heavy atom. The molecule has 2 atom stereocenters. The third-order valence-electron chi connectivity index (χ3n) is 4.03. The second-order valence-electron chi connectivity index (χ2n) is 6.52. The molecule has 8 nitrogen and oxygen atoms in total. The molecule has 27 heavy (non-hydrogen) atoms. The number of urea groups is 1. The second-order valence-corrected chi connectivity index (χ2v) is 6.52. The quantitative estimate of drug-likeness (QED) is 0.488. The number of nitro benzene ring substituents is 1. The molecule has 0 aliphatic carbocycles. The molecular weight excluding hydrogens is 348 g/mol. The van der Waals surface area contributed by atoms with E-state index >= 15 is 0 Å². The van der Waals surface area contributed by atoms with Gasteiger partial charge in [-0.15, -0.1) is 0 Å². The zero-order valence-corrected chi connectivity index (χ0v) is 15.3. The molecule has 0 spiro atoms. The Labute approximate surface area is 158 Å². The number of carbonyl (C=O) groups excluding carboxylic acids is 1. The molecule has 0 saturated carbocycles. The van der Waals surface area contributed by atoms with E-state index in [1.165, 1.54) is 18.2 Å². The van der Waals surface area contributed by atoms with Gasteiger partial charge in [0.1, 0.15) is 0 Å². The lowest BCUT2D eigenvalue weighted by Crippen LogP contribution is -2.39. The average molecular weight is 372 g/mol. The molecule has 2 aromatic carbocycles. The highest BCUT2D eigenvalue weighted by atomic mass is 16.6. The number of aliphatic hydroxyl groups excluding tert-OH is 1. The monoisotopic (exact) mass is 372 g/mol. The minimum Gasteiger partial charge on any atom is -0.388 e. The molecular formula is C19H24N4O4. The van der Waals surface area contributed by atoms with Crippen LogP contribution in [0.1, 0.15) is 11.7 Å². The molecule has 0 aromatic heterocycles. The van der Waals surface area contributed by atoms with Gasteiger partial charge in [-0.3, -0.25) is 10.1 Å². The molecule has 0 saturated heterocycles. The smallest absolute Gasteiger partial charge is 0.319 e. The summed E-state index contributed by atoms with van der Waals surface area (Å²) >= 11 is 0. The molecule has 8 heteroatoms. The summed E-state index contributed by atoms with van der Waals surface area (Å²) in [4.78, 5) is 24.4. The van der Waals surface area contributed by atoms with E-state index < -0.39 is 17.1 Å². The van der Waals surface area contributed by atoms with Gasteiger partial charge in [0.05, 0.1) is 11.0 Å². The maximum Gasteiger partial charge on any atom is 0.319 e. The van der Waals surface area contributed by atoms with Crippen molar-refractivity contribution in [3.8, 4) is 0 Å². The van der Waals surface area contributed by atoms with Crippen LogP contribution in [0, 0.1) is 16.0 Å². The maximum atomic E-state index is 12.2. The predicted molar refractivity (Wildman–Crippen MR) is 104 cm³/mol. The summed E-state index contributed by atoms with van der Waals surface area (Å²) < 4.78 is 0. The Morgan fingerprint density at radius 2 is 1.89 bits per heavy atom. The van der Waals surface area contributed by atoms with Crippen LogP contribution < -0.4 is 10.6 Å². The molecule has 0 radical (unpaired) electrons. The van der Waals surface area contributed by atoms with E-state index in [9.17, 15) is 20.0 Å². The van der Waals surface area contributed by atoms with Gasteiger partial charge in [-0.25, -0.2) is 4.79 Å². The summed E-state index contributed by atoms with van der Waals surface area (Å²) in [6, 6.07) is 14.5. The SMILES string of the molecule is CN(C)C[C@@H](CNC(=O)Nc1cccc([N+](=O)[O-])c1)[C@@H](O)c1ccccc1. The molecule has 0 aliphatic heterocycles. The Balaban J connectivity index is 1.98. The van der Waals surface area contributed by atoms with Gasteiger partial charge < -0.3 is 20.6 Å². The van der Waals surface area contributed by atoms with E-state index in [2.05, 4.69) is 10.6 Å². The zero-order chi connectivity index (χ0) is 19.8. The lowest BCUT2D eigenvalue weighted by molar-refractivity contribution is -0.384. The van der Waals surface area contributed by atoms with Gasteiger partial charge in [0.15, 0.2) is 0 Å². The van der Waals surface area contributed by atoms with Crippen LogP contribution >= 0.6 is 0 Å². The first-order chi connectivity index (χ1) is 12.9. The minimum absolute atomic E-state index is 0.0993. The molecule has 0 heterocycles. The summed E-state index contributed by atoms with van der Waals surface area (Å²) in [5.74, 6) is -0.224. The van der Waals surface area contributed by atoms with Crippen molar-refractivity contribution in [2.75, 3.05) is 32.5 Å². The van der Waals surface area contributed by atoms with Crippen LogP contribution in [0.4, 0.5) is 16.2 Å². The van der Waals surface area contributed by atoms with Crippen molar-refractivity contribution >= 4 is 17.4 Å². The van der Waals surface area contributed by atoms with Crippen LogP contribution in [0.15, 0.2) is 54.6 Å². The van der Waals surface area contributed by atoms with Gasteiger partial charge in [0.25, 0.3) is 5.69 Å². The number of anilines is 1. The third-order valence-corrected chi connectivity index (χ3v) is 4.03. The standard InChI is InChI=1S/C19H24N4O4/c1-22(2)13-15(18(24)14-7-4-3-5-8-14)12-20-19(25)21-16-9-6-10-17(11-16)23(26)27/h3-11,15,18,24H,12-13H2,1-2H3,(H2,20,21,25)/t15-,18+/m1/s1. The first kappa shape index (κ1) is 20.3. The van der Waals surface area contributed by atoms with E-state index in [0.29, 0.717) is 12.2 Å². The number of nitrogens with one attached hydrogen (secondary N) is 2. The highest BCUT2D eigenvalue weighted by Gasteiger charge is 2.22. The number of hydrogen-bond acceptors (Lipinski definition) is 5. The number of nitro groups is 1. The Bertz CT molecular complexity index is 767. The van der Waals surface area contributed by atoms with Crippen LogP contribution in [0.3, 0.4) is 0 Å². The number of nitrogens with zero attached hydrogens (tertiary/aromatic N) is 2. The number of carbonyl (C=O) groups is 1. The average Bonchev–Trinajstić information content (AvgIpc) is 2.65. The van der Waals surface area contributed by atoms with E-state index in [1.54, 1.807) is 6.07 Å². The summed E-state index contributed by atoms with van der Waals surface area (Å²) in [6.45, 7) is 0.822. The summed E-state index contributed by atoms with van der Waals surface area (Å²) in [5, 5.41) is 26.8. The summed E-state index contributed by atoms with van der Waals surface area (Å²) in [6.07, 6.45) is -0.730. The molecule has 3 N–H and O–H groups in total. The number of amides is 2. The van der Waals surface area contributed by atoms with E-state index in [-0.39, 0.29) is 18.2 Å². The number of benzene rings is 2. The topological polar surface area (TPSA) is 108 Å². The lowest BCUT2D eigenvalue weighted by atomic mass is 9.95. The maximum absolute atomic E-state index is 12.2. The van der Waals surface area contributed by atoms with E-state index in [1.807, 2.05) is 49.3 Å². The molecule has 2 aromatic rings. The number of rotatable bonds is 8. The van der Waals surface area contributed by atoms with Crippen LogP contribution in [0.25, 0.3) is 0 Å². The Hall–Kier alpha value is -2.97. The lowest BCUT2D eigenvalue weighted by Gasteiger charge is -2.26. The van der Waals surface area contributed by atoms with Crippen LogP contribution in [-0.2, 0) is 0 Å². The first-order valence-corrected chi connectivity index (χ1v) is 8.54. The van der Waals surface area contributed by atoms with Gasteiger partial charge in [0, 0.05) is 36.8 Å². The molecule has 2 amide bonds. The summed E-state index contributed by atoms with van der Waals surface area (Å²) in [7, 11) is 3.79. The van der Waals surface area contributed by atoms with Crippen molar-refractivity contribution in [1.82, 2.24) is 10.2 Å². The first-order valence-electron chi connectivity index (χ1n) is 8.54.